The number of nitrogens with zero attached hydrogens (tertiary/aromatic N) is 3. The first kappa shape index (κ1) is 16.5. The summed E-state index contributed by atoms with van der Waals surface area (Å²) in [6.07, 6.45) is 4.15. The molecule has 3 heterocycles. The summed E-state index contributed by atoms with van der Waals surface area (Å²) in [5.41, 5.74) is -0.784. The van der Waals surface area contributed by atoms with Crippen molar-refractivity contribution in [2.45, 2.75) is 31.3 Å². The molecule has 4 rings (SSSR count). The molecule has 2 aromatic heterocycles. The van der Waals surface area contributed by atoms with Crippen LogP contribution < -0.4 is 4.90 Å². The van der Waals surface area contributed by atoms with Gasteiger partial charge in [-0.25, -0.2) is 9.97 Å². The lowest BCUT2D eigenvalue weighted by Crippen LogP contribution is -2.55. The van der Waals surface area contributed by atoms with E-state index in [1.807, 2.05) is 0 Å². The predicted octanol–water partition coefficient (Wildman–Crippen LogP) is 2.74. The lowest BCUT2D eigenvalue weighted by Gasteiger charge is -2.49. The zero-order valence-corrected chi connectivity index (χ0v) is 16.0. The monoisotopic (exact) mass is 459 g/mol. The van der Waals surface area contributed by atoms with E-state index in [2.05, 4.69) is 43.5 Å². The fourth-order valence-corrected chi connectivity index (χ4v) is 5.65. The second-order valence-electron chi connectivity index (χ2n) is 6.77. The Kier molecular flexibility index (Phi) is 4.16. The number of carboxylic acid groups (broad SMARTS) is 1. The number of fused-ring (bicyclic) bond motifs is 1. The summed E-state index contributed by atoms with van der Waals surface area (Å²) in [6.45, 7) is 1.67. The summed E-state index contributed by atoms with van der Waals surface area (Å²) in [4.78, 5) is 23.1. The molecule has 0 radical (unpaired) electrons. The minimum Gasteiger partial charge on any atom is -0.481 e. The second kappa shape index (κ2) is 6.06. The largest absolute Gasteiger partial charge is 0.481 e. The van der Waals surface area contributed by atoms with Crippen molar-refractivity contribution in [1.29, 1.82) is 0 Å². The van der Waals surface area contributed by atoms with E-state index in [0.29, 0.717) is 12.8 Å². The van der Waals surface area contributed by atoms with Crippen LogP contribution in [0.25, 0.3) is 10.2 Å². The highest BCUT2D eigenvalue weighted by molar-refractivity contribution is 14.1. The van der Waals surface area contributed by atoms with Gasteiger partial charge in [0.2, 0.25) is 0 Å². The van der Waals surface area contributed by atoms with Gasteiger partial charge in [-0.2, -0.15) is 0 Å². The number of aromatic nitrogens is 2. The molecule has 2 aromatic rings. The van der Waals surface area contributed by atoms with Crippen LogP contribution in [0, 0.1) is 14.7 Å². The van der Waals surface area contributed by atoms with E-state index in [9.17, 15) is 9.90 Å². The van der Waals surface area contributed by atoms with Gasteiger partial charge >= 0.3 is 5.97 Å². The fraction of sp³-hybridized carbons (Fsp3) is 0.562. The van der Waals surface area contributed by atoms with E-state index in [-0.39, 0.29) is 11.8 Å². The summed E-state index contributed by atoms with van der Waals surface area (Å²) < 4.78 is 1.20. The molecule has 2 fully saturated rings. The third-order valence-electron chi connectivity index (χ3n) is 5.38. The average Bonchev–Trinajstić information content (AvgIpc) is 2.92. The number of halogens is 1. The maximum absolute atomic E-state index is 11.0. The highest BCUT2D eigenvalue weighted by Gasteiger charge is 2.51. The van der Waals surface area contributed by atoms with Crippen LogP contribution in [0.2, 0.25) is 0 Å². The fourth-order valence-electron chi connectivity index (χ4n) is 4.00. The number of carbonyl (C=O) groups is 1. The van der Waals surface area contributed by atoms with E-state index in [0.717, 1.165) is 42.0 Å². The van der Waals surface area contributed by atoms with E-state index < -0.39 is 11.6 Å². The van der Waals surface area contributed by atoms with Crippen molar-refractivity contribution in [3.63, 3.8) is 0 Å². The maximum atomic E-state index is 11.0. The Hall–Kier alpha value is -1.00. The molecule has 24 heavy (non-hydrogen) atoms. The topological polar surface area (TPSA) is 86.5 Å². The van der Waals surface area contributed by atoms with Crippen LogP contribution in [-0.2, 0) is 4.79 Å². The molecule has 0 spiro atoms. The number of carboxylic acids is 1. The summed E-state index contributed by atoms with van der Waals surface area (Å²) in [5.74, 6) is 0.000802. The van der Waals surface area contributed by atoms with Gasteiger partial charge in [-0.15, -0.1) is 11.3 Å². The Morgan fingerprint density at radius 1 is 1.33 bits per heavy atom. The van der Waals surface area contributed by atoms with Gasteiger partial charge in [-0.1, -0.05) is 0 Å². The molecule has 1 aliphatic heterocycles. The minimum absolute atomic E-state index is 0.185. The van der Waals surface area contributed by atoms with Crippen molar-refractivity contribution in [2.24, 2.45) is 11.8 Å². The Balaban J connectivity index is 1.45. The highest BCUT2D eigenvalue weighted by Crippen LogP contribution is 2.47. The molecule has 1 saturated heterocycles. The Morgan fingerprint density at radius 3 is 2.71 bits per heavy atom. The molecule has 0 amide bonds. The number of hydrogen-bond donors (Lipinski definition) is 2. The normalized spacial score (nSPS) is 28.1. The summed E-state index contributed by atoms with van der Waals surface area (Å²) in [6, 6.07) is 2.12. The van der Waals surface area contributed by atoms with Crippen molar-refractivity contribution >= 4 is 55.9 Å². The van der Waals surface area contributed by atoms with Gasteiger partial charge in [0.25, 0.3) is 0 Å². The number of rotatable bonds is 3. The number of anilines is 1. The lowest BCUT2D eigenvalue weighted by molar-refractivity contribution is -0.168. The van der Waals surface area contributed by atoms with E-state index in [1.54, 1.807) is 17.7 Å². The van der Waals surface area contributed by atoms with Crippen molar-refractivity contribution < 1.29 is 15.0 Å². The molecule has 1 saturated carbocycles. The van der Waals surface area contributed by atoms with Gasteiger partial charge < -0.3 is 15.1 Å². The average molecular weight is 459 g/mol. The molecular formula is C16H18IN3O3S. The smallest absolute Gasteiger partial charge is 0.306 e. The first-order valence-electron chi connectivity index (χ1n) is 8.06. The SMILES string of the molecule is O=C(O)C1CC(O)(C2CCN(c3ncnc4sc(I)cc34)CC2)C1. The number of thiophene rings is 1. The summed E-state index contributed by atoms with van der Waals surface area (Å²) in [7, 11) is 0. The molecule has 6 nitrogen and oxygen atoms in total. The van der Waals surface area contributed by atoms with Crippen molar-refractivity contribution in [1.82, 2.24) is 9.97 Å². The van der Waals surface area contributed by atoms with Crippen LogP contribution in [-0.4, -0.2) is 44.8 Å². The Bertz CT molecular complexity index is 782. The van der Waals surface area contributed by atoms with E-state index in [4.69, 9.17) is 5.11 Å². The van der Waals surface area contributed by atoms with Gasteiger partial charge in [0.1, 0.15) is 17.0 Å². The summed E-state index contributed by atoms with van der Waals surface area (Å²) in [5, 5.41) is 20.8. The van der Waals surface area contributed by atoms with Gasteiger partial charge in [-0.05, 0) is 60.3 Å². The van der Waals surface area contributed by atoms with Crippen molar-refractivity contribution in [3.05, 3.63) is 15.3 Å². The lowest BCUT2D eigenvalue weighted by atomic mass is 9.62. The first-order valence-corrected chi connectivity index (χ1v) is 9.96. The standard InChI is InChI=1S/C16H18IN3O3S/c17-12-5-11-13(18-8-19-14(11)24-12)20-3-1-10(2-4-20)16(23)6-9(7-16)15(21)22/h5,8-10,23H,1-4,6-7H2,(H,21,22). The number of hydrogen-bond acceptors (Lipinski definition) is 6. The van der Waals surface area contributed by atoms with Gasteiger partial charge in [-0.3, -0.25) is 4.79 Å². The zero-order valence-electron chi connectivity index (χ0n) is 13.0. The van der Waals surface area contributed by atoms with Crippen molar-refractivity contribution in [2.75, 3.05) is 18.0 Å². The third-order valence-corrected chi connectivity index (χ3v) is 7.19. The van der Waals surface area contributed by atoms with Crippen LogP contribution in [0.15, 0.2) is 12.4 Å². The Morgan fingerprint density at radius 2 is 2.04 bits per heavy atom. The minimum atomic E-state index is -0.785. The third kappa shape index (κ3) is 2.78. The van der Waals surface area contributed by atoms with E-state index >= 15 is 0 Å². The summed E-state index contributed by atoms with van der Waals surface area (Å²) >= 11 is 3.97. The van der Waals surface area contributed by atoms with Crippen LogP contribution in [0.1, 0.15) is 25.7 Å². The van der Waals surface area contributed by atoms with Crippen LogP contribution in [0.4, 0.5) is 5.82 Å². The van der Waals surface area contributed by atoms with Crippen LogP contribution in [0.3, 0.4) is 0 Å². The first-order chi connectivity index (χ1) is 11.5. The molecule has 128 valence electrons. The number of aliphatic hydroxyl groups is 1. The van der Waals surface area contributed by atoms with Gasteiger partial charge in [0.05, 0.1) is 19.8 Å². The maximum Gasteiger partial charge on any atom is 0.306 e. The molecular weight excluding hydrogens is 441 g/mol. The number of aliphatic carboxylic acids is 1. The zero-order chi connectivity index (χ0) is 16.9. The molecule has 1 aliphatic carbocycles. The van der Waals surface area contributed by atoms with Crippen LogP contribution >= 0.6 is 33.9 Å². The molecule has 0 unspecified atom stereocenters. The molecule has 8 heteroatoms. The molecule has 2 N–H and O–H groups in total. The molecule has 0 atom stereocenters. The van der Waals surface area contributed by atoms with Gasteiger partial charge in [0, 0.05) is 13.1 Å². The van der Waals surface area contributed by atoms with Gasteiger partial charge in [0.15, 0.2) is 0 Å². The van der Waals surface area contributed by atoms with E-state index in [1.165, 1.54) is 2.88 Å². The molecule has 2 aliphatic rings. The molecule has 0 bridgehead atoms. The van der Waals surface area contributed by atoms with Crippen LogP contribution in [0.5, 0.6) is 0 Å². The number of piperidine rings is 1. The Labute approximate surface area is 157 Å². The highest BCUT2D eigenvalue weighted by atomic mass is 127. The second-order valence-corrected chi connectivity index (χ2v) is 9.70. The molecule has 0 aromatic carbocycles. The van der Waals surface area contributed by atoms with Crippen molar-refractivity contribution in [3.8, 4) is 0 Å². The quantitative estimate of drug-likeness (QED) is 0.687. The predicted molar refractivity (Wildman–Crippen MR) is 100 cm³/mol.